The standard InChI is InChI=1S/C21H29NO2/c1-4-12-22(14-19-13-17(2)10-11-18(19)3)15-20(23)16-24-21-8-6-5-7-9-21/h5-11,13,20,23H,4,12,14-16H2,1-3H3. The lowest BCUT2D eigenvalue weighted by Gasteiger charge is -2.25. The van der Waals surface area contributed by atoms with Crippen LogP contribution in [0.1, 0.15) is 30.0 Å². The van der Waals surface area contributed by atoms with E-state index in [4.69, 9.17) is 4.74 Å². The first-order valence-corrected chi connectivity index (χ1v) is 8.73. The van der Waals surface area contributed by atoms with Crippen molar-refractivity contribution in [2.75, 3.05) is 19.7 Å². The van der Waals surface area contributed by atoms with Gasteiger partial charge in [-0.25, -0.2) is 0 Å². The van der Waals surface area contributed by atoms with Gasteiger partial charge in [-0.15, -0.1) is 0 Å². The Morgan fingerprint density at radius 2 is 1.83 bits per heavy atom. The third-order valence-electron chi connectivity index (χ3n) is 4.09. The highest BCUT2D eigenvalue weighted by molar-refractivity contribution is 5.30. The Balaban J connectivity index is 1.91. The van der Waals surface area contributed by atoms with Crippen molar-refractivity contribution >= 4 is 0 Å². The van der Waals surface area contributed by atoms with Crippen LogP contribution in [0.3, 0.4) is 0 Å². The molecule has 3 nitrogen and oxygen atoms in total. The molecule has 0 aliphatic heterocycles. The van der Waals surface area contributed by atoms with E-state index in [2.05, 4.69) is 43.9 Å². The number of para-hydroxylation sites is 1. The zero-order valence-corrected chi connectivity index (χ0v) is 15.0. The van der Waals surface area contributed by atoms with Crippen LogP contribution in [0.2, 0.25) is 0 Å². The highest BCUT2D eigenvalue weighted by Crippen LogP contribution is 2.14. The van der Waals surface area contributed by atoms with Gasteiger partial charge in [0.2, 0.25) is 0 Å². The smallest absolute Gasteiger partial charge is 0.119 e. The van der Waals surface area contributed by atoms with Gasteiger partial charge in [-0.1, -0.05) is 48.9 Å². The molecule has 3 heteroatoms. The van der Waals surface area contributed by atoms with Crippen LogP contribution < -0.4 is 4.74 Å². The van der Waals surface area contributed by atoms with Gasteiger partial charge >= 0.3 is 0 Å². The van der Waals surface area contributed by atoms with Gasteiger partial charge in [-0.3, -0.25) is 4.90 Å². The predicted molar refractivity (Wildman–Crippen MR) is 99.4 cm³/mol. The van der Waals surface area contributed by atoms with Crippen molar-refractivity contribution in [3.63, 3.8) is 0 Å². The molecule has 2 aromatic rings. The number of nitrogens with zero attached hydrogens (tertiary/aromatic N) is 1. The summed E-state index contributed by atoms with van der Waals surface area (Å²) in [5.74, 6) is 0.799. The molecule has 2 rings (SSSR count). The fourth-order valence-corrected chi connectivity index (χ4v) is 2.82. The van der Waals surface area contributed by atoms with E-state index in [9.17, 15) is 5.11 Å². The van der Waals surface area contributed by atoms with Crippen LogP contribution in [0.5, 0.6) is 5.75 Å². The molecule has 130 valence electrons. The minimum absolute atomic E-state index is 0.316. The highest BCUT2D eigenvalue weighted by Gasteiger charge is 2.13. The molecule has 0 aromatic heterocycles. The summed E-state index contributed by atoms with van der Waals surface area (Å²) in [5, 5.41) is 10.3. The number of benzene rings is 2. The molecule has 0 aliphatic rings. The van der Waals surface area contributed by atoms with Crippen LogP contribution in [0.25, 0.3) is 0 Å². The van der Waals surface area contributed by atoms with Gasteiger partial charge in [0.1, 0.15) is 18.5 Å². The summed E-state index contributed by atoms with van der Waals surface area (Å²) in [6.07, 6.45) is 0.568. The number of hydrogen-bond acceptors (Lipinski definition) is 3. The van der Waals surface area contributed by atoms with Crippen molar-refractivity contribution in [1.82, 2.24) is 4.90 Å². The maximum Gasteiger partial charge on any atom is 0.119 e. The average molecular weight is 327 g/mol. The van der Waals surface area contributed by atoms with Crippen LogP contribution in [0.4, 0.5) is 0 Å². The van der Waals surface area contributed by atoms with Crippen molar-refractivity contribution in [3.05, 3.63) is 65.2 Å². The van der Waals surface area contributed by atoms with Crippen molar-refractivity contribution in [2.24, 2.45) is 0 Å². The molecule has 0 amide bonds. The number of ether oxygens (including phenoxy) is 1. The second-order valence-electron chi connectivity index (χ2n) is 6.44. The van der Waals surface area contributed by atoms with Gasteiger partial charge in [-0.05, 0) is 50.1 Å². The molecular weight excluding hydrogens is 298 g/mol. The predicted octanol–water partition coefficient (Wildman–Crippen LogP) is 3.96. The summed E-state index contributed by atoms with van der Waals surface area (Å²) >= 11 is 0. The van der Waals surface area contributed by atoms with Gasteiger partial charge in [-0.2, -0.15) is 0 Å². The molecule has 0 spiro atoms. The molecule has 0 heterocycles. The first-order valence-electron chi connectivity index (χ1n) is 8.73. The third-order valence-corrected chi connectivity index (χ3v) is 4.09. The Bertz CT molecular complexity index is 612. The van der Waals surface area contributed by atoms with Gasteiger partial charge in [0.25, 0.3) is 0 Å². The lowest BCUT2D eigenvalue weighted by molar-refractivity contribution is 0.0655. The average Bonchev–Trinajstić information content (AvgIpc) is 2.57. The summed E-state index contributed by atoms with van der Waals surface area (Å²) in [5.41, 5.74) is 3.91. The molecule has 2 aromatic carbocycles. The zero-order chi connectivity index (χ0) is 17.4. The van der Waals surface area contributed by atoms with E-state index in [1.807, 2.05) is 30.3 Å². The number of aliphatic hydroxyl groups is 1. The Morgan fingerprint density at radius 1 is 1.08 bits per heavy atom. The highest BCUT2D eigenvalue weighted by atomic mass is 16.5. The number of rotatable bonds is 9. The molecule has 1 atom stereocenters. The molecule has 0 aliphatic carbocycles. The van der Waals surface area contributed by atoms with E-state index in [0.717, 1.165) is 25.3 Å². The molecule has 0 fully saturated rings. The second kappa shape index (κ2) is 9.45. The first kappa shape index (κ1) is 18.5. The van der Waals surface area contributed by atoms with Gasteiger partial charge < -0.3 is 9.84 Å². The lowest BCUT2D eigenvalue weighted by Crippen LogP contribution is -2.36. The minimum atomic E-state index is -0.498. The normalized spacial score (nSPS) is 12.4. The van der Waals surface area contributed by atoms with Crippen molar-refractivity contribution in [3.8, 4) is 5.75 Å². The Hall–Kier alpha value is -1.84. The maximum atomic E-state index is 10.3. The number of hydrogen-bond donors (Lipinski definition) is 1. The molecule has 24 heavy (non-hydrogen) atoms. The Kier molecular flexibility index (Phi) is 7.29. The minimum Gasteiger partial charge on any atom is -0.491 e. The largest absolute Gasteiger partial charge is 0.491 e. The molecule has 1 unspecified atom stereocenters. The van der Waals surface area contributed by atoms with Gasteiger partial charge in [0.05, 0.1) is 0 Å². The molecule has 0 radical (unpaired) electrons. The van der Waals surface area contributed by atoms with Crippen LogP contribution in [-0.4, -0.2) is 35.8 Å². The van der Waals surface area contributed by atoms with Crippen molar-refractivity contribution in [2.45, 2.75) is 39.8 Å². The topological polar surface area (TPSA) is 32.7 Å². The van der Waals surface area contributed by atoms with Crippen LogP contribution in [0.15, 0.2) is 48.5 Å². The lowest BCUT2D eigenvalue weighted by atomic mass is 10.0. The summed E-state index contributed by atoms with van der Waals surface area (Å²) in [6.45, 7) is 9.21. The van der Waals surface area contributed by atoms with Gasteiger partial charge in [0.15, 0.2) is 0 Å². The van der Waals surface area contributed by atoms with Crippen molar-refractivity contribution < 1.29 is 9.84 Å². The Morgan fingerprint density at radius 3 is 2.54 bits per heavy atom. The number of aryl methyl sites for hydroxylation is 2. The molecule has 0 saturated heterocycles. The van der Waals surface area contributed by atoms with Crippen LogP contribution in [-0.2, 0) is 6.54 Å². The fraction of sp³-hybridized carbons (Fsp3) is 0.429. The number of aliphatic hydroxyl groups excluding tert-OH is 1. The quantitative estimate of drug-likeness (QED) is 0.757. The van der Waals surface area contributed by atoms with Crippen molar-refractivity contribution in [1.29, 1.82) is 0 Å². The third kappa shape index (κ3) is 5.99. The summed E-state index contributed by atoms with van der Waals surface area (Å²) in [7, 11) is 0. The van der Waals surface area contributed by atoms with E-state index in [-0.39, 0.29) is 0 Å². The SMILES string of the molecule is CCCN(Cc1cc(C)ccc1C)CC(O)COc1ccccc1. The van der Waals surface area contributed by atoms with E-state index >= 15 is 0 Å². The molecule has 1 N–H and O–H groups in total. The zero-order valence-electron chi connectivity index (χ0n) is 15.0. The summed E-state index contributed by atoms with van der Waals surface area (Å²) < 4.78 is 5.66. The molecular formula is C21H29NO2. The van der Waals surface area contributed by atoms with Crippen LogP contribution >= 0.6 is 0 Å². The monoisotopic (exact) mass is 327 g/mol. The van der Waals surface area contributed by atoms with Gasteiger partial charge in [0, 0.05) is 13.1 Å². The Labute approximate surface area is 145 Å². The molecule has 0 saturated carbocycles. The molecule has 0 bridgehead atoms. The van der Waals surface area contributed by atoms with E-state index in [1.54, 1.807) is 0 Å². The first-order chi connectivity index (χ1) is 11.6. The summed E-state index contributed by atoms with van der Waals surface area (Å²) in [4.78, 5) is 2.31. The van der Waals surface area contributed by atoms with E-state index in [1.165, 1.54) is 16.7 Å². The van der Waals surface area contributed by atoms with E-state index in [0.29, 0.717) is 13.2 Å². The van der Waals surface area contributed by atoms with E-state index < -0.39 is 6.10 Å². The van der Waals surface area contributed by atoms with Crippen LogP contribution in [0, 0.1) is 13.8 Å². The fourth-order valence-electron chi connectivity index (χ4n) is 2.82. The maximum absolute atomic E-state index is 10.3. The summed E-state index contributed by atoms with van der Waals surface area (Å²) in [6, 6.07) is 16.2. The second-order valence-corrected chi connectivity index (χ2v) is 6.44.